The molecule has 1 aliphatic heterocycles. The summed E-state index contributed by atoms with van der Waals surface area (Å²) in [5.74, 6) is 0.559. The Morgan fingerprint density at radius 1 is 1.07 bits per heavy atom. The molecule has 2 nitrogen and oxygen atoms in total. The zero-order chi connectivity index (χ0) is 19.0. The molecule has 138 valence electrons. The van der Waals surface area contributed by atoms with E-state index in [-0.39, 0.29) is 5.54 Å². The average Bonchev–Trinajstić information content (AvgIpc) is 2.66. The minimum absolute atomic E-state index is 0.208. The van der Waals surface area contributed by atoms with Crippen molar-refractivity contribution in [1.29, 1.82) is 0 Å². The van der Waals surface area contributed by atoms with Crippen molar-refractivity contribution in [3.05, 3.63) is 71.8 Å². The largest absolute Gasteiger partial charge is 0.366 e. The normalized spacial score (nSPS) is 18.8. The number of nitrogens with zero attached hydrogens (tertiary/aromatic N) is 2. The molecule has 0 saturated heterocycles. The smallest absolute Gasteiger partial charge is 0.0708 e. The fourth-order valence-corrected chi connectivity index (χ4v) is 4.65. The molecule has 4 rings (SSSR count). The number of aliphatic imine (C=N–C) groups is 1. The average molecular weight is 357 g/mol. The molecule has 1 unspecified atom stereocenters. The summed E-state index contributed by atoms with van der Waals surface area (Å²) in [4.78, 5) is 7.34. The van der Waals surface area contributed by atoms with Gasteiger partial charge in [0.15, 0.2) is 0 Å². The third kappa shape index (κ3) is 3.25. The molecule has 3 aromatic carbocycles. The highest BCUT2D eigenvalue weighted by Crippen LogP contribution is 2.43. The highest BCUT2D eigenvalue weighted by atomic mass is 15.2. The Balaban J connectivity index is 1.70. The maximum Gasteiger partial charge on any atom is 0.0708 e. The second kappa shape index (κ2) is 6.84. The van der Waals surface area contributed by atoms with Gasteiger partial charge in [-0.05, 0) is 67.8 Å². The number of hydrogen-bond donors (Lipinski definition) is 0. The highest BCUT2D eigenvalue weighted by Gasteiger charge is 2.35. The maximum absolute atomic E-state index is 4.81. The summed E-state index contributed by atoms with van der Waals surface area (Å²) < 4.78 is 0. The van der Waals surface area contributed by atoms with Gasteiger partial charge >= 0.3 is 0 Å². The number of fused-ring (bicyclic) bond motifs is 2. The Labute approximate surface area is 162 Å². The Kier molecular flexibility index (Phi) is 4.51. The van der Waals surface area contributed by atoms with Crippen LogP contribution in [0.15, 0.2) is 65.7 Å². The molecule has 0 fully saturated rings. The molecule has 1 atom stereocenters. The van der Waals surface area contributed by atoms with Crippen LogP contribution in [0.5, 0.6) is 0 Å². The molecule has 1 heterocycles. The molecule has 1 aliphatic rings. The molecule has 0 spiro atoms. The van der Waals surface area contributed by atoms with Crippen molar-refractivity contribution in [3.63, 3.8) is 0 Å². The zero-order valence-electron chi connectivity index (χ0n) is 16.7. The first kappa shape index (κ1) is 17.8. The van der Waals surface area contributed by atoms with E-state index in [4.69, 9.17) is 4.99 Å². The quantitative estimate of drug-likeness (QED) is 0.477. The van der Waals surface area contributed by atoms with Crippen molar-refractivity contribution in [2.24, 2.45) is 4.99 Å². The fourth-order valence-electron chi connectivity index (χ4n) is 4.65. The summed E-state index contributed by atoms with van der Waals surface area (Å²) in [5.41, 5.74) is 5.22. The van der Waals surface area contributed by atoms with E-state index in [1.807, 2.05) is 6.21 Å². The van der Waals surface area contributed by atoms with Crippen molar-refractivity contribution < 1.29 is 0 Å². The molecule has 0 N–H and O–H groups in total. The van der Waals surface area contributed by atoms with E-state index in [0.29, 0.717) is 5.92 Å². The van der Waals surface area contributed by atoms with Gasteiger partial charge in [-0.1, -0.05) is 49.4 Å². The lowest BCUT2D eigenvalue weighted by atomic mass is 9.79. The van der Waals surface area contributed by atoms with Crippen LogP contribution >= 0.6 is 0 Å². The van der Waals surface area contributed by atoms with Crippen molar-refractivity contribution in [1.82, 2.24) is 0 Å². The minimum atomic E-state index is 0.208. The van der Waals surface area contributed by atoms with Gasteiger partial charge in [0.05, 0.1) is 5.69 Å². The third-order valence-electron chi connectivity index (χ3n) is 5.85. The molecule has 3 aromatic rings. The van der Waals surface area contributed by atoms with Gasteiger partial charge in [-0.2, -0.15) is 0 Å². The van der Waals surface area contributed by atoms with Gasteiger partial charge in [-0.25, -0.2) is 0 Å². The van der Waals surface area contributed by atoms with Crippen molar-refractivity contribution in [2.45, 2.75) is 45.6 Å². The van der Waals surface area contributed by atoms with E-state index in [1.54, 1.807) is 0 Å². The van der Waals surface area contributed by atoms with Gasteiger partial charge in [0.2, 0.25) is 0 Å². The predicted octanol–water partition coefficient (Wildman–Crippen LogP) is 6.70. The van der Waals surface area contributed by atoms with E-state index in [9.17, 15) is 0 Å². The number of rotatable bonds is 3. The Morgan fingerprint density at radius 2 is 1.85 bits per heavy atom. The van der Waals surface area contributed by atoms with Crippen molar-refractivity contribution >= 4 is 28.4 Å². The van der Waals surface area contributed by atoms with Crippen molar-refractivity contribution in [2.75, 3.05) is 11.4 Å². The van der Waals surface area contributed by atoms with Crippen LogP contribution in [-0.4, -0.2) is 18.3 Å². The predicted molar refractivity (Wildman–Crippen MR) is 118 cm³/mol. The standard InChI is InChI=1S/C25H28N2/c1-5-27-24-14-13-19(15-22(24)18(2)16-25(27,3)4)17-26-23-12-8-10-20-9-6-7-11-21(20)23/h6-15,17-18H,5,16H2,1-4H3. The second-order valence-corrected chi connectivity index (χ2v) is 8.24. The van der Waals surface area contributed by atoms with Gasteiger partial charge in [-0.15, -0.1) is 0 Å². The second-order valence-electron chi connectivity index (χ2n) is 8.24. The van der Waals surface area contributed by atoms with Crippen LogP contribution in [0.2, 0.25) is 0 Å². The van der Waals surface area contributed by atoms with Crippen LogP contribution in [0.3, 0.4) is 0 Å². The highest BCUT2D eigenvalue weighted by molar-refractivity contribution is 5.95. The van der Waals surface area contributed by atoms with E-state index in [1.165, 1.54) is 34.0 Å². The first-order valence-electron chi connectivity index (χ1n) is 9.93. The molecular formula is C25H28N2. The third-order valence-corrected chi connectivity index (χ3v) is 5.85. The van der Waals surface area contributed by atoms with Gasteiger partial charge < -0.3 is 4.90 Å². The first-order chi connectivity index (χ1) is 13.0. The summed E-state index contributed by atoms with van der Waals surface area (Å²) >= 11 is 0. The van der Waals surface area contributed by atoms with E-state index >= 15 is 0 Å². The first-order valence-corrected chi connectivity index (χ1v) is 9.93. The Hall–Kier alpha value is -2.61. The summed E-state index contributed by atoms with van der Waals surface area (Å²) in [5, 5.41) is 2.42. The lowest BCUT2D eigenvalue weighted by molar-refractivity contribution is 0.381. The lowest BCUT2D eigenvalue weighted by Crippen LogP contribution is -2.48. The minimum Gasteiger partial charge on any atom is -0.366 e. The Bertz CT molecular complexity index is 995. The Morgan fingerprint density at radius 3 is 2.67 bits per heavy atom. The molecule has 0 amide bonds. The summed E-state index contributed by atoms with van der Waals surface area (Å²) in [7, 11) is 0. The van der Waals surface area contributed by atoms with Gasteiger partial charge in [-0.3, -0.25) is 4.99 Å². The lowest BCUT2D eigenvalue weighted by Gasteiger charge is -2.47. The van der Waals surface area contributed by atoms with Gasteiger partial charge in [0, 0.05) is 29.4 Å². The molecule has 27 heavy (non-hydrogen) atoms. The van der Waals surface area contributed by atoms with Gasteiger partial charge in [0.1, 0.15) is 0 Å². The van der Waals surface area contributed by atoms with Crippen LogP contribution in [0.25, 0.3) is 10.8 Å². The van der Waals surface area contributed by atoms with Crippen LogP contribution in [0.1, 0.15) is 51.2 Å². The summed E-state index contributed by atoms with van der Waals surface area (Å²) in [6.45, 7) is 10.3. The number of hydrogen-bond acceptors (Lipinski definition) is 2. The SMILES string of the molecule is CCN1c2ccc(C=Nc3cccc4ccccc34)cc2C(C)CC1(C)C. The molecular weight excluding hydrogens is 328 g/mol. The number of anilines is 1. The molecule has 0 aliphatic carbocycles. The topological polar surface area (TPSA) is 15.6 Å². The molecule has 0 radical (unpaired) electrons. The molecule has 0 aromatic heterocycles. The van der Waals surface area contributed by atoms with E-state index in [0.717, 1.165) is 12.2 Å². The molecule has 2 heteroatoms. The van der Waals surface area contributed by atoms with Gasteiger partial charge in [0.25, 0.3) is 0 Å². The van der Waals surface area contributed by atoms with Crippen LogP contribution < -0.4 is 4.90 Å². The fraction of sp³-hybridized carbons (Fsp3) is 0.320. The van der Waals surface area contributed by atoms with Crippen LogP contribution in [0.4, 0.5) is 11.4 Å². The van der Waals surface area contributed by atoms with Crippen LogP contribution in [0, 0.1) is 0 Å². The van der Waals surface area contributed by atoms with Crippen molar-refractivity contribution in [3.8, 4) is 0 Å². The zero-order valence-corrected chi connectivity index (χ0v) is 16.7. The molecule has 0 saturated carbocycles. The van der Waals surface area contributed by atoms with E-state index in [2.05, 4.69) is 93.3 Å². The number of benzene rings is 3. The van der Waals surface area contributed by atoms with Crippen LogP contribution in [-0.2, 0) is 0 Å². The summed E-state index contributed by atoms with van der Waals surface area (Å²) in [6, 6.07) is 21.5. The summed E-state index contributed by atoms with van der Waals surface area (Å²) in [6.07, 6.45) is 3.18. The van der Waals surface area contributed by atoms with E-state index < -0.39 is 0 Å². The monoisotopic (exact) mass is 356 g/mol. The maximum atomic E-state index is 4.81. The molecule has 0 bridgehead atoms.